The first kappa shape index (κ1) is 13.8. The fourth-order valence-electron chi connectivity index (χ4n) is 2.36. The molecule has 1 aromatic heterocycles. The van der Waals surface area contributed by atoms with Crippen molar-refractivity contribution in [3.8, 4) is 0 Å². The third kappa shape index (κ3) is 3.24. The van der Waals surface area contributed by atoms with Crippen LogP contribution in [0.3, 0.4) is 0 Å². The van der Waals surface area contributed by atoms with E-state index in [-0.39, 0.29) is 0 Å². The van der Waals surface area contributed by atoms with Crippen molar-refractivity contribution in [3.05, 3.63) is 52.3 Å². The summed E-state index contributed by atoms with van der Waals surface area (Å²) in [6.07, 6.45) is 1.94. The van der Waals surface area contributed by atoms with Gasteiger partial charge in [-0.2, -0.15) is 5.10 Å². The summed E-state index contributed by atoms with van der Waals surface area (Å²) in [5.74, 6) is 0. The van der Waals surface area contributed by atoms with Crippen LogP contribution in [0.25, 0.3) is 0 Å². The Hall–Kier alpha value is -1.61. The summed E-state index contributed by atoms with van der Waals surface area (Å²) >= 11 is 0. The van der Waals surface area contributed by atoms with Crippen LogP contribution in [0.2, 0.25) is 0 Å². The van der Waals surface area contributed by atoms with E-state index >= 15 is 0 Å². The molecule has 1 atom stereocenters. The quantitative estimate of drug-likeness (QED) is 0.911. The summed E-state index contributed by atoms with van der Waals surface area (Å²) in [5, 5.41) is 7.84. The lowest BCUT2D eigenvalue weighted by molar-refractivity contribution is 0.572. The van der Waals surface area contributed by atoms with E-state index in [1.807, 2.05) is 17.9 Å². The lowest BCUT2D eigenvalue weighted by atomic mass is 10.0. The number of hydrogen-bond donors (Lipinski definition) is 1. The fraction of sp³-hybridized carbons (Fsp3) is 0.438. The van der Waals surface area contributed by atoms with E-state index in [2.05, 4.69) is 56.3 Å². The minimum Gasteiger partial charge on any atom is -0.306 e. The smallest absolute Gasteiger partial charge is 0.0537 e. The van der Waals surface area contributed by atoms with Gasteiger partial charge in [-0.05, 0) is 33.3 Å². The summed E-state index contributed by atoms with van der Waals surface area (Å²) in [7, 11) is 1.98. The van der Waals surface area contributed by atoms with Crippen LogP contribution in [0.1, 0.15) is 40.9 Å². The van der Waals surface area contributed by atoms with Crippen molar-refractivity contribution in [2.24, 2.45) is 7.05 Å². The van der Waals surface area contributed by atoms with Gasteiger partial charge in [0, 0.05) is 30.9 Å². The second kappa shape index (κ2) is 5.57. The molecule has 1 heterocycles. The van der Waals surface area contributed by atoms with E-state index in [4.69, 9.17) is 0 Å². The predicted octanol–water partition coefficient (Wildman–Crippen LogP) is 3.20. The molecule has 102 valence electrons. The highest BCUT2D eigenvalue weighted by Crippen LogP contribution is 2.17. The van der Waals surface area contributed by atoms with Crippen LogP contribution < -0.4 is 5.32 Å². The van der Waals surface area contributed by atoms with Gasteiger partial charge in [0.05, 0.1) is 6.20 Å². The maximum absolute atomic E-state index is 4.27. The second-order valence-electron chi connectivity index (χ2n) is 5.40. The molecule has 1 unspecified atom stereocenters. The second-order valence-corrected chi connectivity index (χ2v) is 5.40. The molecule has 19 heavy (non-hydrogen) atoms. The normalized spacial score (nSPS) is 12.7. The molecule has 0 saturated carbocycles. The first-order chi connectivity index (χ1) is 8.97. The van der Waals surface area contributed by atoms with Crippen molar-refractivity contribution < 1.29 is 0 Å². The number of nitrogens with one attached hydrogen (secondary N) is 1. The first-order valence-electron chi connectivity index (χ1n) is 6.76. The van der Waals surface area contributed by atoms with E-state index in [0.717, 1.165) is 6.54 Å². The zero-order chi connectivity index (χ0) is 14.0. The van der Waals surface area contributed by atoms with E-state index < -0.39 is 0 Å². The summed E-state index contributed by atoms with van der Waals surface area (Å²) in [4.78, 5) is 0. The maximum atomic E-state index is 4.27. The van der Waals surface area contributed by atoms with Gasteiger partial charge < -0.3 is 5.32 Å². The Morgan fingerprint density at radius 3 is 2.32 bits per heavy atom. The third-order valence-electron chi connectivity index (χ3n) is 3.68. The Morgan fingerprint density at radius 2 is 1.79 bits per heavy atom. The van der Waals surface area contributed by atoms with Gasteiger partial charge in [0.2, 0.25) is 0 Å². The molecular weight excluding hydrogens is 234 g/mol. The molecule has 0 saturated heterocycles. The van der Waals surface area contributed by atoms with E-state index in [1.165, 1.54) is 27.9 Å². The van der Waals surface area contributed by atoms with E-state index in [0.29, 0.717) is 6.04 Å². The molecule has 0 radical (unpaired) electrons. The molecular formula is C16H23N3. The van der Waals surface area contributed by atoms with Crippen LogP contribution in [0.15, 0.2) is 24.4 Å². The molecule has 0 aliphatic rings. The molecule has 3 heteroatoms. The molecule has 0 aliphatic heterocycles. The van der Waals surface area contributed by atoms with Crippen molar-refractivity contribution in [2.75, 3.05) is 0 Å². The van der Waals surface area contributed by atoms with Crippen LogP contribution in [0, 0.1) is 20.8 Å². The first-order valence-corrected chi connectivity index (χ1v) is 6.76. The lowest BCUT2D eigenvalue weighted by Crippen LogP contribution is -2.18. The lowest BCUT2D eigenvalue weighted by Gasteiger charge is -2.15. The minimum absolute atomic E-state index is 0.346. The average Bonchev–Trinajstić information content (AvgIpc) is 2.66. The summed E-state index contributed by atoms with van der Waals surface area (Å²) in [5.41, 5.74) is 6.47. The molecule has 2 rings (SSSR count). The van der Waals surface area contributed by atoms with Crippen LogP contribution in [-0.4, -0.2) is 9.78 Å². The van der Waals surface area contributed by atoms with Gasteiger partial charge in [0.25, 0.3) is 0 Å². The number of rotatable bonds is 4. The van der Waals surface area contributed by atoms with Gasteiger partial charge >= 0.3 is 0 Å². The zero-order valence-corrected chi connectivity index (χ0v) is 12.5. The number of nitrogens with zero attached hydrogens (tertiary/aromatic N) is 2. The maximum Gasteiger partial charge on any atom is 0.0537 e. The van der Waals surface area contributed by atoms with Crippen molar-refractivity contribution >= 4 is 0 Å². The molecule has 0 fully saturated rings. The number of aryl methyl sites for hydroxylation is 3. The molecule has 0 spiro atoms. The predicted molar refractivity (Wildman–Crippen MR) is 79.1 cm³/mol. The Morgan fingerprint density at radius 1 is 1.16 bits per heavy atom. The third-order valence-corrected chi connectivity index (χ3v) is 3.68. The van der Waals surface area contributed by atoms with Gasteiger partial charge in [0.15, 0.2) is 0 Å². The van der Waals surface area contributed by atoms with Gasteiger partial charge in [-0.25, -0.2) is 0 Å². The molecule has 0 bridgehead atoms. The number of hydrogen-bond acceptors (Lipinski definition) is 2. The highest BCUT2D eigenvalue weighted by Gasteiger charge is 2.08. The molecule has 1 aromatic carbocycles. The van der Waals surface area contributed by atoms with Crippen LogP contribution in [0.4, 0.5) is 0 Å². The molecule has 1 N–H and O–H groups in total. The van der Waals surface area contributed by atoms with Gasteiger partial charge in [-0.15, -0.1) is 0 Å². The minimum atomic E-state index is 0.346. The SMILES string of the molecule is Cc1cc(C)cc(C(C)NCc2cnn(C)c2C)c1. The van der Waals surface area contributed by atoms with Crippen LogP contribution in [0.5, 0.6) is 0 Å². The van der Waals surface area contributed by atoms with Gasteiger partial charge in [0.1, 0.15) is 0 Å². The largest absolute Gasteiger partial charge is 0.306 e. The molecule has 2 aromatic rings. The standard InChI is InChI=1S/C16H23N3/c1-11-6-12(2)8-15(7-11)13(3)17-9-16-10-18-19(5)14(16)4/h6-8,10,13,17H,9H2,1-5H3. The highest BCUT2D eigenvalue weighted by atomic mass is 15.3. The number of benzene rings is 1. The van der Waals surface area contributed by atoms with Crippen molar-refractivity contribution in [2.45, 2.75) is 40.3 Å². The summed E-state index contributed by atoms with van der Waals surface area (Å²) in [6, 6.07) is 7.06. The van der Waals surface area contributed by atoms with Crippen molar-refractivity contribution in [1.29, 1.82) is 0 Å². The highest BCUT2D eigenvalue weighted by molar-refractivity contribution is 5.30. The van der Waals surface area contributed by atoms with E-state index in [9.17, 15) is 0 Å². The Kier molecular flexibility index (Phi) is 4.05. The average molecular weight is 257 g/mol. The monoisotopic (exact) mass is 257 g/mol. The molecule has 3 nitrogen and oxygen atoms in total. The van der Waals surface area contributed by atoms with Crippen molar-refractivity contribution in [3.63, 3.8) is 0 Å². The Balaban J connectivity index is 2.05. The van der Waals surface area contributed by atoms with Gasteiger partial charge in [-0.1, -0.05) is 29.3 Å². The van der Waals surface area contributed by atoms with Crippen LogP contribution >= 0.6 is 0 Å². The van der Waals surface area contributed by atoms with Gasteiger partial charge in [-0.3, -0.25) is 4.68 Å². The van der Waals surface area contributed by atoms with E-state index in [1.54, 1.807) is 0 Å². The zero-order valence-electron chi connectivity index (χ0n) is 12.5. The molecule has 0 amide bonds. The summed E-state index contributed by atoms with van der Waals surface area (Å²) < 4.78 is 1.92. The van der Waals surface area contributed by atoms with Crippen molar-refractivity contribution in [1.82, 2.24) is 15.1 Å². The summed E-state index contributed by atoms with van der Waals surface area (Å²) in [6.45, 7) is 9.46. The number of aromatic nitrogens is 2. The Labute approximate surface area is 115 Å². The fourth-order valence-corrected chi connectivity index (χ4v) is 2.36. The Bertz CT molecular complexity index is 549. The van der Waals surface area contributed by atoms with Crippen LogP contribution in [-0.2, 0) is 13.6 Å². The molecule has 0 aliphatic carbocycles. The topological polar surface area (TPSA) is 29.9 Å².